The van der Waals surface area contributed by atoms with Crippen molar-refractivity contribution in [1.29, 1.82) is 0 Å². The predicted octanol–water partition coefficient (Wildman–Crippen LogP) is 12.0. The van der Waals surface area contributed by atoms with E-state index < -0.39 is 0 Å². The van der Waals surface area contributed by atoms with Gasteiger partial charge in [-0.2, -0.15) is 0 Å². The first-order valence-electron chi connectivity index (χ1n) is 18.4. The van der Waals surface area contributed by atoms with Gasteiger partial charge in [-0.25, -0.2) is 4.99 Å². The highest BCUT2D eigenvalue weighted by molar-refractivity contribution is 6.23. The van der Waals surface area contributed by atoms with Crippen molar-refractivity contribution in [3.05, 3.63) is 185 Å². The van der Waals surface area contributed by atoms with Crippen LogP contribution in [0.2, 0.25) is 0 Å². The Hall–Kier alpha value is -6.19. The standard InChI is InChI=1S/C49H39N3/c1-30-14-4-6-17-35(30)36-21-13-22-37(31(36)2)38-28-26-34-27-29-42-40-19-9-11-25-45(40)52(48(42)46(34)32(38)3)49-50-44-24-10-8-20-43(44)47(51-49)41-23-12-16-33-15-5-7-18-39(33)41/h4-22,24-29,41,44H,23H2,1-3H3,(H,50,51). The number of fused-ring (bicyclic) bond motifs is 7. The molecule has 2 unspecified atom stereocenters. The highest BCUT2D eigenvalue weighted by atomic mass is 15.2. The van der Waals surface area contributed by atoms with Gasteiger partial charge in [0.05, 0.1) is 22.8 Å². The molecule has 52 heavy (non-hydrogen) atoms. The van der Waals surface area contributed by atoms with Crippen LogP contribution in [0.4, 0.5) is 0 Å². The summed E-state index contributed by atoms with van der Waals surface area (Å²) in [4.78, 5) is 5.65. The van der Waals surface area contributed by atoms with Crippen molar-refractivity contribution in [2.75, 3.05) is 0 Å². The van der Waals surface area contributed by atoms with Gasteiger partial charge in [0.25, 0.3) is 0 Å². The van der Waals surface area contributed by atoms with Crippen LogP contribution in [0.25, 0.3) is 60.9 Å². The first kappa shape index (κ1) is 30.6. The number of aryl methyl sites for hydroxylation is 2. The van der Waals surface area contributed by atoms with Crippen LogP contribution in [0.5, 0.6) is 0 Å². The van der Waals surface area contributed by atoms with Crippen molar-refractivity contribution in [1.82, 2.24) is 9.88 Å². The van der Waals surface area contributed by atoms with Gasteiger partial charge in [0.2, 0.25) is 5.96 Å². The van der Waals surface area contributed by atoms with E-state index in [-0.39, 0.29) is 12.0 Å². The Kier molecular flexibility index (Phi) is 7.04. The Morgan fingerprint density at radius 1 is 0.654 bits per heavy atom. The van der Waals surface area contributed by atoms with Crippen LogP contribution >= 0.6 is 0 Å². The van der Waals surface area contributed by atoms with E-state index in [2.05, 4.69) is 182 Å². The van der Waals surface area contributed by atoms with Crippen molar-refractivity contribution in [2.24, 2.45) is 4.99 Å². The lowest BCUT2D eigenvalue weighted by molar-refractivity contribution is 0.711. The molecule has 3 aliphatic rings. The predicted molar refractivity (Wildman–Crippen MR) is 220 cm³/mol. The molecule has 0 amide bonds. The maximum absolute atomic E-state index is 5.65. The van der Waals surface area contributed by atoms with Crippen molar-refractivity contribution in [3.63, 3.8) is 0 Å². The van der Waals surface area contributed by atoms with Gasteiger partial charge in [-0.05, 0) is 88.7 Å². The molecule has 7 aromatic rings. The van der Waals surface area contributed by atoms with E-state index in [0.29, 0.717) is 0 Å². The molecular weight excluding hydrogens is 631 g/mol. The number of aliphatic imine (C=N–C) groups is 1. The molecule has 0 saturated heterocycles. The van der Waals surface area contributed by atoms with Crippen molar-refractivity contribution < 1.29 is 0 Å². The highest BCUT2D eigenvalue weighted by Crippen LogP contribution is 2.43. The van der Waals surface area contributed by atoms with Crippen molar-refractivity contribution >= 4 is 44.6 Å². The summed E-state index contributed by atoms with van der Waals surface area (Å²) in [5.74, 6) is 1.05. The van der Waals surface area contributed by atoms with E-state index in [9.17, 15) is 0 Å². The molecule has 2 atom stereocenters. The molecule has 6 aromatic carbocycles. The first-order valence-corrected chi connectivity index (χ1v) is 18.4. The molecule has 3 nitrogen and oxygen atoms in total. The fourth-order valence-corrected chi connectivity index (χ4v) is 9.00. The van der Waals surface area contributed by atoms with E-state index in [4.69, 9.17) is 4.99 Å². The van der Waals surface area contributed by atoms with Crippen LogP contribution in [0.3, 0.4) is 0 Å². The second-order valence-electron chi connectivity index (χ2n) is 14.4. The van der Waals surface area contributed by atoms with Crippen LogP contribution in [0.1, 0.15) is 40.2 Å². The minimum Gasteiger partial charge on any atom is -0.345 e. The smallest absolute Gasteiger partial charge is 0.208 e. The zero-order valence-corrected chi connectivity index (χ0v) is 29.7. The summed E-state index contributed by atoms with van der Waals surface area (Å²) >= 11 is 0. The number of hydrogen-bond donors (Lipinski definition) is 1. The number of benzene rings is 6. The molecule has 0 spiro atoms. The van der Waals surface area contributed by atoms with E-state index in [0.717, 1.165) is 23.6 Å². The maximum Gasteiger partial charge on any atom is 0.208 e. The minimum atomic E-state index is 0.0280. The third-order valence-electron chi connectivity index (χ3n) is 11.6. The van der Waals surface area contributed by atoms with E-state index >= 15 is 0 Å². The maximum atomic E-state index is 5.65. The molecule has 2 heterocycles. The van der Waals surface area contributed by atoms with Crippen LogP contribution in [0.15, 0.2) is 162 Å². The monoisotopic (exact) mass is 669 g/mol. The molecule has 1 aliphatic heterocycles. The lowest BCUT2D eigenvalue weighted by Crippen LogP contribution is -2.43. The van der Waals surface area contributed by atoms with Gasteiger partial charge in [-0.15, -0.1) is 0 Å². The normalized spacial score (nSPS) is 17.8. The van der Waals surface area contributed by atoms with Gasteiger partial charge in [-0.3, -0.25) is 4.57 Å². The fraction of sp³-hybridized carbons (Fsp3) is 0.122. The van der Waals surface area contributed by atoms with E-state index in [1.54, 1.807) is 0 Å². The average Bonchev–Trinajstić information content (AvgIpc) is 3.52. The molecule has 0 fully saturated rings. The summed E-state index contributed by atoms with van der Waals surface area (Å²) in [5, 5.41) is 8.86. The van der Waals surface area contributed by atoms with Crippen LogP contribution in [0, 0.1) is 20.8 Å². The van der Waals surface area contributed by atoms with Crippen molar-refractivity contribution in [2.45, 2.75) is 39.2 Å². The molecule has 1 N–H and O–H groups in total. The van der Waals surface area contributed by atoms with Crippen LogP contribution in [-0.2, 0) is 0 Å². The average molecular weight is 670 g/mol. The summed E-state index contributed by atoms with van der Waals surface area (Å²) in [6.07, 6.45) is 14.3. The lowest BCUT2D eigenvalue weighted by Gasteiger charge is -2.33. The summed E-state index contributed by atoms with van der Waals surface area (Å²) in [6, 6.07) is 42.3. The van der Waals surface area contributed by atoms with Crippen LogP contribution < -0.4 is 5.32 Å². The van der Waals surface area contributed by atoms with Gasteiger partial charge in [0.15, 0.2) is 0 Å². The number of aromatic nitrogens is 1. The third-order valence-corrected chi connectivity index (χ3v) is 11.6. The zero-order chi connectivity index (χ0) is 34.9. The van der Waals surface area contributed by atoms with E-state index in [1.807, 2.05) is 0 Å². The lowest BCUT2D eigenvalue weighted by atomic mass is 9.81. The summed E-state index contributed by atoms with van der Waals surface area (Å²) in [6.45, 7) is 6.78. The summed E-state index contributed by atoms with van der Waals surface area (Å²) in [5.41, 5.74) is 16.3. The number of para-hydroxylation sites is 1. The van der Waals surface area contributed by atoms with E-state index in [1.165, 1.54) is 82.7 Å². The second-order valence-corrected chi connectivity index (χ2v) is 14.4. The largest absolute Gasteiger partial charge is 0.345 e. The topological polar surface area (TPSA) is 29.3 Å². The molecule has 250 valence electrons. The van der Waals surface area contributed by atoms with Gasteiger partial charge < -0.3 is 5.32 Å². The molecule has 1 aromatic heterocycles. The van der Waals surface area contributed by atoms with Gasteiger partial charge >= 0.3 is 0 Å². The van der Waals surface area contributed by atoms with Crippen molar-refractivity contribution in [3.8, 4) is 22.3 Å². The first-order chi connectivity index (χ1) is 25.6. The minimum absolute atomic E-state index is 0.0280. The Morgan fingerprint density at radius 3 is 2.31 bits per heavy atom. The molecule has 2 aliphatic carbocycles. The van der Waals surface area contributed by atoms with Crippen LogP contribution in [-0.4, -0.2) is 16.6 Å². The van der Waals surface area contributed by atoms with Gasteiger partial charge in [-0.1, -0.05) is 146 Å². The SMILES string of the molecule is Cc1ccccc1-c1cccc(-c2ccc3ccc4c5ccccc5n(C5=NC(C6CC=Cc7ccccc76)=C6C=CC=CC6N5)c4c3c2C)c1C. The fourth-order valence-electron chi connectivity index (χ4n) is 9.00. The number of rotatable bonds is 3. The molecule has 0 bridgehead atoms. The Labute approximate surface area is 304 Å². The molecular formula is C49H39N3. The summed E-state index contributed by atoms with van der Waals surface area (Å²) in [7, 11) is 0. The van der Waals surface area contributed by atoms with Gasteiger partial charge in [0.1, 0.15) is 0 Å². The highest BCUT2D eigenvalue weighted by Gasteiger charge is 2.32. The summed E-state index contributed by atoms with van der Waals surface area (Å²) < 4.78 is 2.41. The third kappa shape index (κ3) is 4.62. The zero-order valence-electron chi connectivity index (χ0n) is 29.7. The molecule has 10 rings (SSSR count). The Morgan fingerprint density at radius 2 is 1.40 bits per heavy atom. The Bertz CT molecular complexity index is 2780. The Balaban J connectivity index is 1.24. The number of hydrogen-bond acceptors (Lipinski definition) is 2. The quantitative estimate of drug-likeness (QED) is 0.199. The molecule has 0 radical (unpaired) electrons. The number of nitrogens with one attached hydrogen (secondary N) is 1. The second kappa shape index (κ2) is 12.0. The number of nitrogens with zero attached hydrogens (tertiary/aromatic N) is 2. The number of allylic oxidation sites excluding steroid dienone is 4. The van der Waals surface area contributed by atoms with Gasteiger partial charge in [0, 0.05) is 27.6 Å². The molecule has 3 heteroatoms. The molecule has 0 saturated carbocycles.